The molecule has 1 aliphatic heterocycles. The summed E-state index contributed by atoms with van der Waals surface area (Å²) in [7, 11) is 0. The second-order valence-electron chi connectivity index (χ2n) is 6.49. The van der Waals surface area contributed by atoms with Crippen LogP contribution in [0.2, 0.25) is 0 Å². The van der Waals surface area contributed by atoms with Gasteiger partial charge in [0, 0.05) is 19.1 Å². The van der Waals surface area contributed by atoms with E-state index in [-0.39, 0.29) is 11.9 Å². The highest BCUT2D eigenvalue weighted by molar-refractivity contribution is 5.77. The number of hydrogen-bond donors (Lipinski definition) is 2. The quantitative estimate of drug-likeness (QED) is 0.801. The molecule has 0 radical (unpaired) electrons. The minimum Gasteiger partial charge on any atom is -0.481 e. The van der Waals surface area contributed by atoms with Crippen LogP contribution < -0.4 is 5.32 Å². The van der Waals surface area contributed by atoms with Gasteiger partial charge in [-0.2, -0.15) is 0 Å². The summed E-state index contributed by atoms with van der Waals surface area (Å²) in [5.74, 6) is -1.17. The van der Waals surface area contributed by atoms with E-state index in [2.05, 4.69) is 5.32 Å². The van der Waals surface area contributed by atoms with Gasteiger partial charge in [0.1, 0.15) is 0 Å². The van der Waals surface area contributed by atoms with E-state index in [1.807, 2.05) is 0 Å². The molecule has 3 fully saturated rings. The molecule has 2 N–H and O–H groups in total. The Morgan fingerprint density at radius 3 is 2.32 bits per heavy atom. The van der Waals surface area contributed by atoms with E-state index >= 15 is 0 Å². The largest absolute Gasteiger partial charge is 0.481 e. The number of urea groups is 1. The predicted molar refractivity (Wildman–Crippen MR) is 69.8 cm³/mol. The fraction of sp³-hybridized carbons (Fsp3) is 0.857. The number of amides is 2. The van der Waals surface area contributed by atoms with Crippen LogP contribution in [-0.4, -0.2) is 41.1 Å². The van der Waals surface area contributed by atoms with E-state index in [0.29, 0.717) is 31.0 Å². The van der Waals surface area contributed by atoms with E-state index in [4.69, 9.17) is 5.11 Å². The third-order valence-electron chi connectivity index (χ3n) is 5.16. The molecule has 106 valence electrons. The Kier molecular flexibility index (Phi) is 3.15. The maximum absolute atomic E-state index is 12.1. The molecule has 0 aromatic rings. The summed E-state index contributed by atoms with van der Waals surface area (Å²) in [6, 6.07) is 0.225. The zero-order valence-corrected chi connectivity index (χ0v) is 11.2. The number of carboxylic acids is 1. The first-order valence-electron chi connectivity index (χ1n) is 7.36. The Morgan fingerprint density at radius 2 is 1.79 bits per heavy atom. The van der Waals surface area contributed by atoms with Crippen LogP contribution in [0.1, 0.15) is 44.9 Å². The highest BCUT2D eigenvalue weighted by Crippen LogP contribution is 2.56. The van der Waals surface area contributed by atoms with Crippen molar-refractivity contribution >= 4 is 12.0 Å². The van der Waals surface area contributed by atoms with Crippen molar-refractivity contribution in [2.24, 2.45) is 11.3 Å². The molecule has 0 bridgehead atoms. The number of carbonyl (C=O) groups is 2. The van der Waals surface area contributed by atoms with Crippen molar-refractivity contribution in [3.63, 3.8) is 0 Å². The average Bonchev–Trinajstić information content (AvgIpc) is 2.95. The van der Waals surface area contributed by atoms with Gasteiger partial charge < -0.3 is 15.3 Å². The van der Waals surface area contributed by atoms with Gasteiger partial charge >= 0.3 is 12.0 Å². The molecule has 3 rings (SSSR count). The molecule has 0 aromatic carbocycles. The van der Waals surface area contributed by atoms with Gasteiger partial charge in [0.05, 0.1) is 5.92 Å². The number of hydrogen-bond acceptors (Lipinski definition) is 2. The summed E-state index contributed by atoms with van der Waals surface area (Å²) in [5.41, 5.74) is 0.642. The smallest absolute Gasteiger partial charge is 0.317 e. The molecule has 1 heterocycles. The van der Waals surface area contributed by atoms with Crippen molar-refractivity contribution in [1.82, 2.24) is 10.2 Å². The zero-order chi connectivity index (χ0) is 13.5. The molecule has 2 saturated carbocycles. The van der Waals surface area contributed by atoms with Crippen molar-refractivity contribution in [2.45, 2.75) is 51.0 Å². The molecule has 1 unspecified atom stereocenters. The summed E-state index contributed by atoms with van der Waals surface area (Å²) >= 11 is 0. The van der Waals surface area contributed by atoms with Crippen LogP contribution in [0.4, 0.5) is 4.79 Å². The maximum Gasteiger partial charge on any atom is 0.317 e. The van der Waals surface area contributed by atoms with Crippen molar-refractivity contribution < 1.29 is 14.7 Å². The van der Waals surface area contributed by atoms with Gasteiger partial charge in [-0.3, -0.25) is 4.79 Å². The number of carboxylic acid groups (broad SMARTS) is 1. The van der Waals surface area contributed by atoms with Crippen LogP contribution in [0.25, 0.3) is 0 Å². The van der Waals surface area contributed by atoms with Gasteiger partial charge in [0.15, 0.2) is 0 Å². The van der Waals surface area contributed by atoms with Crippen molar-refractivity contribution in [3.05, 3.63) is 0 Å². The molecule has 19 heavy (non-hydrogen) atoms. The SMILES string of the molecule is O=C(O)C1CCN(C(=O)NC2CCC3(CC2)CC3)C1. The number of carbonyl (C=O) groups excluding carboxylic acids is 1. The summed E-state index contributed by atoms with van der Waals surface area (Å²) in [5, 5.41) is 12.0. The van der Waals surface area contributed by atoms with Gasteiger partial charge in [-0.15, -0.1) is 0 Å². The minimum atomic E-state index is -0.788. The lowest BCUT2D eigenvalue weighted by atomic mass is 9.83. The summed E-state index contributed by atoms with van der Waals surface area (Å²) < 4.78 is 0. The molecule has 3 aliphatic rings. The maximum atomic E-state index is 12.1. The minimum absolute atomic E-state index is 0.0690. The number of aliphatic carboxylic acids is 1. The molecule has 1 atom stereocenters. The number of rotatable bonds is 2. The Bertz CT molecular complexity index is 382. The molecule has 1 saturated heterocycles. The highest BCUT2D eigenvalue weighted by atomic mass is 16.4. The second kappa shape index (κ2) is 4.69. The third kappa shape index (κ3) is 2.69. The van der Waals surface area contributed by atoms with Crippen LogP contribution in [0.15, 0.2) is 0 Å². The topological polar surface area (TPSA) is 69.6 Å². The summed E-state index contributed by atoms with van der Waals surface area (Å²) in [6.45, 7) is 0.928. The fourth-order valence-corrected chi connectivity index (χ4v) is 3.46. The number of nitrogens with one attached hydrogen (secondary N) is 1. The van der Waals surface area contributed by atoms with E-state index in [0.717, 1.165) is 12.8 Å². The third-order valence-corrected chi connectivity index (χ3v) is 5.16. The number of likely N-dealkylation sites (tertiary alicyclic amines) is 1. The van der Waals surface area contributed by atoms with Crippen LogP contribution >= 0.6 is 0 Å². The Labute approximate surface area is 113 Å². The molecule has 5 nitrogen and oxygen atoms in total. The summed E-state index contributed by atoms with van der Waals surface area (Å²) in [4.78, 5) is 24.6. The van der Waals surface area contributed by atoms with Gasteiger partial charge in [0.25, 0.3) is 0 Å². The molecule has 2 aliphatic carbocycles. The second-order valence-corrected chi connectivity index (χ2v) is 6.49. The molecule has 0 aromatic heterocycles. The standard InChI is InChI=1S/C14H22N2O3/c17-12(18)10-3-8-16(9-10)13(19)15-11-1-4-14(5-2-11)6-7-14/h10-11H,1-9H2,(H,15,19)(H,17,18). The molecular weight excluding hydrogens is 244 g/mol. The monoisotopic (exact) mass is 266 g/mol. The molecule has 1 spiro atoms. The lowest BCUT2D eigenvalue weighted by Gasteiger charge is -2.30. The first kappa shape index (κ1) is 12.8. The van der Waals surface area contributed by atoms with Crippen LogP contribution in [-0.2, 0) is 4.79 Å². The van der Waals surface area contributed by atoms with E-state index < -0.39 is 5.97 Å². The van der Waals surface area contributed by atoms with E-state index in [1.54, 1.807) is 4.90 Å². The van der Waals surface area contributed by atoms with Crippen molar-refractivity contribution in [2.75, 3.05) is 13.1 Å². The zero-order valence-electron chi connectivity index (χ0n) is 11.2. The highest BCUT2D eigenvalue weighted by Gasteiger charge is 2.45. The van der Waals surface area contributed by atoms with Crippen LogP contribution in [0, 0.1) is 11.3 Å². The van der Waals surface area contributed by atoms with E-state index in [1.165, 1.54) is 25.7 Å². The lowest BCUT2D eigenvalue weighted by Crippen LogP contribution is -2.45. The predicted octanol–water partition coefficient (Wildman–Crippen LogP) is 1.83. The van der Waals surface area contributed by atoms with Gasteiger partial charge in [0.2, 0.25) is 0 Å². The van der Waals surface area contributed by atoms with Gasteiger partial charge in [-0.05, 0) is 50.4 Å². The molecule has 2 amide bonds. The van der Waals surface area contributed by atoms with Crippen molar-refractivity contribution in [3.8, 4) is 0 Å². The Morgan fingerprint density at radius 1 is 1.11 bits per heavy atom. The Balaban J connectivity index is 1.45. The first-order chi connectivity index (χ1) is 9.08. The van der Waals surface area contributed by atoms with Crippen LogP contribution in [0.5, 0.6) is 0 Å². The average molecular weight is 266 g/mol. The molecular formula is C14H22N2O3. The normalized spacial score (nSPS) is 29.5. The van der Waals surface area contributed by atoms with Gasteiger partial charge in [-0.25, -0.2) is 4.79 Å². The van der Waals surface area contributed by atoms with Gasteiger partial charge in [-0.1, -0.05) is 0 Å². The van der Waals surface area contributed by atoms with Crippen LogP contribution in [0.3, 0.4) is 0 Å². The lowest BCUT2D eigenvalue weighted by molar-refractivity contribution is -0.141. The Hall–Kier alpha value is -1.26. The number of nitrogens with zero attached hydrogens (tertiary/aromatic N) is 1. The van der Waals surface area contributed by atoms with Crippen molar-refractivity contribution in [1.29, 1.82) is 0 Å². The van der Waals surface area contributed by atoms with E-state index in [9.17, 15) is 9.59 Å². The summed E-state index contributed by atoms with van der Waals surface area (Å²) in [6.07, 6.45) is 7.99. The fourth-order valence-electron chi connectivity index (χ4n) is 3.46. The first-order valence-corrected chi connectivity index (χ1v) is 7.36. The molecule has 5 heteroatoms.